The van der Waals surface area contributed by atoms with E-state index in [9.17, 15) is 28.8 Å². The molecule has 2 radical (unpaired) electrons. The van der Waals surface area contributed by atoms with E-state index in [0.717, 1.165) is 0 Å². The fourth-order valence-electron chi connectivity index (χ4n) is 2.76. The van der Waals surface area contributed by atoms with Gasteiger partial charge in [0.2, 0.25) is 0 Å². The standard InChI is InChI=1S/3C8H6O6.2La/c3*9-5-1-3(7(11)12)6(10)2-4(5)8(13)14;;/h3*1-2,9-10H,(H,11,12)(H,13,14);;. The minimum Gasteiger partial charge on any atom is -0.507 e. The van der Waals surface area contributed by atoms with E-state index in [4.69, 9.17) is 61.3 Å². The second kappa shape index (κ2) is 17.7. The topological polar surface area (TPSA) is 345 Å². The number of hydrogen-bond donors (Lipinski definition) is 12. The third kappa shape index (κ3) is 11.1. The van der Waals surface area contributed by atoms with Crippen LogP contribution in [0.5, 0.6) is 34.5 Å². The fourth-order valence-corrected chi connectivity index (χ4v) is 2.76. The largest absolute Gasteiger partial charge is 0.507 e. The second-order valence-corrected chi connectivity index (χ2v) is 7.49. The van der Waals surface area contributed by atoms with Crippen LogP contribution in [-0.2, 0) is 0 Å². The molecule has 0 saturated carbocycles. The summed E-state index contributed by atoms with van der Waals surface area (Å²) in [6.45, 7) is 0. The molecule has 0 atom stereocenters. The Balaban J connectivity index is 0. The molecular weight excluding hydrogens is 854 g/mol. The average molecular weight is 872 g/mol. The molecule has 3 aromatic carbocycles. The van der Waals surface area contributed by atoms with Crippen molar-refractivity contribution in [2.45, 2.75) is 0 Å². The Morgan fingerprint density at radius 3 is 0.455 bits per heavy atom. The molecule has 0 aliphatic rings. The van der Waals surface area contributed by atoms with E-state index in [0.29, 0.717) is 36.4 Å². The van der Waals surface area contributed by atoms with E-state index in [1.165, 1.54) is 0 Å². The van der Waals surface area contributed by atoms with Gasteiger partial charge in [0.15, 0.2) is 0 Å². The van der Waals surface area contributed by atoms with Crippen molar-refractivity contribution in [1.29, 1.82) is 0 Å². The number of hydrogen-bond acceptors (Lipinski definition) is 12. The normalized spacial score (nSPS) is 9.27. The van der Waals surface area contributed by atoms with Crippen molar-refractivity contribution in [3.05, 3.63) is 69.8 Å². The first-order valence-electron chi connectivity index (χ1n) is 10.4. The van der Waals surface area contributed by atoms with Gasteiger partial charge >= 0.3 is 35.8 Å². The van der Waals surface area contributed by atoms with Crippen LogP contribution in [0.15, 0.2) is 36.4 Å². The Bertz CT molecular complexity index is 1310. The number of benzene rings is 3. The third-order valence-electron chi connectivity index (χ3n) is 4.72. The maximum absolute atomic E-state index is 10.4. The molecule has 228 valence electrons. The summed E-state index contributed by atoms with van der Waals surface area (Å²) in [6, 6.07) is 4.09. The van der Waals surface area contributed by atoms with Gasteiger partial charge in [0.25, 0.3) is 0 Å². The van der Waals surface area contributed by atoms with Gasteiger partial charge in [0.1, 0.15) is 67.9 Å². The van der Waals surface area contributed by atoms with Crippen LogP contribution in [0, 0.1) is 71.2 Å². The van der Waals surface area contributed by atoms with Gasteiger partial charge in [-0.1, -0.05) is 0 Å². The number of phenols is 6. The number of aromatic carboxylic acids is 6. The summed E-state index contributed by atoms with van der Waals surface area (Å²) in [6.07, 6.45) is 0. The first kappa shape index (κ1) is 41.8. The predicted molar refractivity (Wildman–Crippen MR) is 131 cm³/mol. The Kier molecular flexibility index (Phi) is 16.8. The molecule has 0 saturated heterocycles. The van der Waals surface area contributed by atoms with Gasteiger partial charge < -0.3 is 61.3 Å². The number of carbonyl (C=O) groups is 6. The van der Waals surface area contributed by atoms with Crippen molar-refractivity contribution in [1.82, 2.24) is 0 Å². The van der Waals surface area contributed by atoms with Crippen molar-refractivity contribution in [3.8, 4) is 34.5 Å². The summed E-state index contributed by atoms with van der Waals surface area (Å²) in [5.74, 6) is -12.9. The summed E-state index contributed by atoms with van der Waals surface area (Å²) in [5.41, 5.74) is -3.29. The van der Waals surface area contributed by atoms with Crippen LogP contribution in [0.4, 0.5) is 0 Å². The Labute approximate surface area is 298 Å². The molecule has 12 N–H and O–H groups in total. The molecule has 18 nitrogen and oxygen atoms in total. The van der Waals surface area contributed by atoms with Crippen LogP contribution >= 0.6 is 0 Å². The molecule has 0 aliphatic heterocycles. The third-order valence-corrected chi connectivity index (χ3v) is 4.72. The monoisotopic (exact) mass is 872 g/mol. The van der Waals surface area contributed by atoms with Gasteiger partial charge in [-0.3, -0.25) is 0 Å². The predicted octanol–water partition coefficient (Wildman–Crippen LogP) is 1.48. The van der Waals surface area contributed by atoms with Crippen LogP contribution in [0.2, 0.25) is 0 Å². The molecule has 0 aliphatic carbocycles. The van der Waals surface area contributed by atoms with E-state index in [-0.39, 0.29) is 71.2 Å². The van der Waals surface area contributed by atoms with Gasteiger partial charge in [-0.15, -0.1) is 0 Å². The van der Waals surface area contributed by atoms with Gasteiger partial charge in [-0.05, 0) is 36.4 Å². The number of aromatic hydroxyl groups is 6. The van der Waals surface area contributed by atoms with Crippen LogP contribution in [-0.4, -0.2) is 97.1 Å². The Morgan fingerprint density at radius 1 is 0.295 bits per heavy atom. The smallest absolute Gasteiger partial charge is 0.339 e. The van der Waals surface area contributed by atoms with Crippen molar-refractivity contribution in [2.24, 2.45) is 0 Å². The second-order valence-electron chi connectivity index (χ2n) is 7.49. The molecule has 0 unspecified atom stereocenters. The SMILES string of the molecule is O=C(O)c1cc(O)c(C(=O)O)cc1O.O=C(O)c1cc(O)c(C(=O)O)cc1O.O=C(O)c1cc(O)c(C(=O)O)cc1O.[La].[La]. The minimum atomic E-state index is -1.45. The van der Waals surface area contributed by atoms with Crippen LogP contribution in [0.3, 0.4) is 0 Å². The molecule has 20 heteroatoms. The fraction of sp³-hybridized carbons (Fsp3) is 0. The van der Waals surface area contributed by atoms with E-state index in [2.05, 4.69) is 0 Å². The summed E-state index contributed by atoms with van der Waals surface area (Å²) < 4.78 is 0. The molecule has 0 fully saturated rings. The molecule has 0 bridgehead atoms. The summed E-state index contributed by atoms with van der Waals surface area (Å²) in [4.78, 5) is 62.6. The summed E-state index contributed by atoms with van der Waals surface area (Å²) in [5, 5.41) is 105. The van der Waals surface area contributed by atoms with Crippen molar-refractivity contribution < 1.29 is 161 Å². The van der Waals surface area contributed by atoms with Crippen LogP contribution in [0.1, 0.15) is 62.1 Å². The average Bonchev–Trinajstić information content (AvgIpc) is 2.87. The van der Waals surface area contributed by atoms with Crippen LogP contribution in [0.25, 0.3) is 0 Å². The summed E-state index contributed by atoms with van der Waals surface area (Å²) >= 11 is 0. The maximum Gasteiger partial charge on any atom is 0.339 e. The van der Waals surface area contributed by atoms with Gasteiger partial charge in [0, 0.05) is 71.2 Å². The maximum atomic E-state index is 10.4. The van der Waals surface area contributed by atoms with E-state index in [1.807, 2.05) is 0 Å². The first-order valence-corrected chi connectivity index (χ1v) is 10.4. The zero-order valence-electron chi connectivity index (χ0n) is 21.4. The molecule has 0 amide bonds. The van der Waals surface area contributed by atoms with Crippen molar-refractivity contribution in [3.63, 3.8) is 0 Å². The van der Waals surface area contributed by atoms with Gasteiger partial charge in [0.05, 0.1) is 0 Å². The minimum absolute atomic E-state index is 0. The zero-order chi connectivity index (χ0) is 32.6. The van der Waals surface area contributed by atoms with E-state index >= 15 is 0 Å². The van der Waals surface area contributed by atoms with Crippen molar-refractivity contribution >= 4 is 35.8 Å². The van der Waals surface area contributed by atoms with E-state index < -0.39 is 104 Å². The molecule has 44 heavy (non-hydrogen) atoms. The Morgan fingerprint density at radius 2 is 0.386 bits per heavy atom. The van der Waals surface area contributed by atoms with Crippen LogP contribution < -0.4 is 0 Å². The molecule has 3 rings (SSSR count). The van der Waals surface area contributed by atoms with Crippen molar-refractivity contribution in [2.75, 3.05) is 0 Å². The van der Waals surface area contributed by atoms with Gasteiger partial charge in [-0.25, -0.2) is 28.8 Å². The quantitative estimate of drug-likeness (QED) is 0.156. The molecule has 0 heterocycles. The number of rotatable bonds is 6. The van der Waals surface area contributed by atoms with Gasteiger partial charge in [-0.2, -0.15) is 0 Å². The summed E-state index contributed by atoms with van der Waals surface area (Å²) in [7, 11) is 0. The molecular formula is C24H18La2O18. The number of carboxylic acid groups (broad SMARTS) is 6. The number of carboxylic acids is 6. The Hall–Kier alpha value is -4.33. The molecule has 0 aromatic heterocycles. The molecule has 3 aromatic rings. The zero-order valence-corrected chi connectivity index (χ0v) is 28.7. The van der Waals surface area contributed by atoms with E-state index in [1.54, 1.807) is 0 Å². The first-order chi connectivity index (χ1) is 19.3. The molecule has 0 spiro atoms.